The van der Waals surface area contributed by atoms with Gasteiger partial charge in [-0.05, 0) is 6.42 Å². The third kappa shape index (κ3) is 20.7. The van der Waals surface area contributed by atoms with E-state index >= 15 is 0 Å². The molecule has 0 aromatic rings. The Balaban J connectivity index is 2.90. The van der Waals surface area contributed by atoms with Crippen molar-refractivity contribution in [2.45, 2.75) is 96.8 Å². The highest BCUT2D eigenvalue weighted by atomic mass is 33.1. The van der Waals surface area contributed by atoms with Gasteiger partial charge in [-0.3, -0.25) is 0 Å². The van der Waals surface area contributed by atoms with Gasteiger partial charge < -0.3 is 5.11 Å². The van der Waals surface area contributed by atoms with Crippen LogP contribution in [0.15, 0.2) is 0 Å². The van der Waals surface area contributed by atoms with Crippen molar-refractivity contribution in [3.63, 3.8) is 0 Å². The summed E-state index contributed by atoms with van der Waals surface area (Å²) in [5, 5.41) is 8.66. The van der Waals surface area contributed by atoms with Crippen molar-refractivity contribution in [2.75, 3.05) is 18.1 Å². The highest BCUT2D eigenvalue weighted by Crippen LogP contribution is 2.22. The van der Waals surface area contributed by atoms with E-state index < -0.39 is 0 Å². The van der Waals surface area contributed by atoms with Gasteiger partial charge in [-0.2, -0.15) is 0 Å². The van der Waals surface area contributed by atoms with Gasteiger partial charge in [0.05, 0.1) is 6.61 Å². The summed E-state index contributed by atoms with van der Waals surface area (Å²) in [5.74, 6) is 2.13. The van der Waals surface area contributed by atoms with E-state index in [2.05, 4.69) is 6.92 Å². The summed E-state index contributed by atoms with van der Waals surface area (Å²) >= 11 is 0. The minimum atomic E-state index is 0.316. The Labute approximate surface area is 141 Å². The quantitative estimate of drug-likeness (QED) is 0.219. The van der Waals surface area contributed by atoms with Crippen LogP contribution in [0.25, 0.3) is 0 Å². The molecule has 0 unspecified atom stereocenters. The Morgan fingerprint density at radius 1 is 0.524 bits per heavy atom. The molecule has 0 aliphatic rings. The van der Waals surface area contributed by atoms with Crippen LogP contribution in [0, 0.1) is 0 Å². The molecule has 0 saturated heterocycles. The second-order valence-electron chi connectivity index (χ2n) is 5.96. The van der Waals surface area contributed by atoms with Crippen LogP contribution in [0.2, 0.25) is 0 Å². The Morgan fingerprint density at radius 2 is 0.905 bits per heavy atom. The van der Waals surface area contributed by atoms with Crippen molar-refractivity contribution in [3.8, 4) is 0 Å². The lowest BCUT2D eigenvalue weighted by atomic mass is 10.0. The first-order chi connectivity index (χ1) is 10.4. The fourth-order valence-electron chi connectivity index (χ4n) is 2.51. The fourth-order valence-corrected chi connectivity index (χ4v) is 4.43. The van der Waals surface area contributed by atoms with Crippen LogP contribution < -0.4 is 0 Å². The van der Waals surface area contributed by atoms with Gasteiger partial charge in [0.2, 0.25) is 0 Å². The minimum absolute atomic E-state index is 0.316. The molecule has 0 aliphatic carbocycles. The van der Waals surface area contributed by atoms with Gasteiger partial charge in [-0.25, -0.2) is 0 Å². The zero-order valence-corrected chi connectivity index (χ0v) is 15.9. The standard InChI is InChI=1S/C18H38OS2/c1-2-3-4-5-6-7-8-9-10-11-12-13-14-15-17-20-21-18-16-19/h19H,2-18H2,1H3. The zero-order chi connectivity index (χ0) is 15.4. The molecule has 0 heterocycles. The van der Waals surface area contributed by atoms with E-state index in [9.17, 15) is 0 Å². The lowest BCUT2D eigenvalue weighted by Crippen LogP contribution is -1.85. The molecule has 21 heavy (non-hydrogen) atoms. The second kappa shape index (κ2) is 20.7. The van der Waals surface area contributed by atoms with E-state index in [1.54, 1.807) is 10.8 Å². The predicted octanol–water partition coefficient (Wildman–Crippen LogP) is 6.84. The van der Waals surface area contributed by atoms with E-state index in [1.165, 1.54) is 95.6 Å². The summed E-state index contributed by atoms with van der Waals surface area (Å²) in [6.45, 7) is 2.60. The number of hydrogen-bond acceptors (Lipinski definition) is 3. The Hall–Kier alpha value is 0.660. The summed E-state index contributed by atoms with van der Waals surface area (Å²) in [5.41, 5.74) is 0. The molecule has 0 rings (SSSR count). The summed E-state index contributed by atoms with van der Waals surface area (Å²) in [7, 11) is 3.72. The summed E-state index contributed by atoms with van der Waals surface area (Å²) in [6, 6.07) is 0. The molecule has 0 aromatic carbocycles. The molecular formula is C18H38OS2. The average molecular weight is 335 g/mol. The van der Waals surface area contributed by atoms with Crippen LogP contribution in [0.5, 0.6) is 0 Å². The highest BCUT2D eigenvalue weighted by molar-refractivity contribution is 8.76. The van der Waals surface area contributed by atoms with Crippen LogP contribution >= 0.6 is 21.6 Å². The van der Waals surface area contributed by atoms with Crippen LogP contribution in [0.3, 0.4) is 0 Å². The first-order valence-corrected chi connectivity index (χ1v) is 11.8. The van der Waals surface area contributed by atoms with Crippen LogP contribution in [-0.4, -0.2) is 23.2 Å². The largest absolute Gasteiger partial charge is 0.395 e. The molecule has 0 fully saturated rings. The molecule has 0 aromatic heterocycles. The smallest absolute Gasteiger partial charge is 0.0530 e. The van der Waals surface area contributed by atoms with Crippen LogP contribution in [0.4, 0.5) is 0 Å². The molecule has 128 valence electrons. The van der Waals surface area contributed by atoms with Gasteiger partial charge in [0.15, 0.2) is 0 Å². The predicted molar refractivity (Wildman–Crippen MR) is 102 cm³/mol. The number of rotatable bonds is 18. The first-order valence-electron chi connectivity index (χ1n) is 9.27. The molecule has 0 radical (unpaired) electrons. The van der Waals surface area contributed by atoms with E-state index in [0.717, 1.165) is 5.75 Å². The average Bonchev–Trinajstić information content (AvgIpc) is 2.50. The van der Waals surface area contributed by atoms with Crippen LogP contribution in [-0.2, 0) is 0 Å². The highest BCUT2D eigenvalue weighted by Gasteiger charge is 1.94. The molecule has 3 heteroatoms. The maximum absolute atomic E-state index is 8.66. The van der Waals surface area contributed by atoms with Gasteiger partial charge in [0.25, 0.3) is 0 Å². The van der Waals surface area contributed by atoms with Crippen molar-refractivity contribution in [3.05, 3.63) is 0 Å². The maximum Gasteiger partial charge on any atom is 0.0530 e. The first kappa shape index (κ1) is 21.7. The van der Waals surface area contributed by atoms with Gasteiger partial charge in [-0.1, -0.05) is 112 Å². The molecular weight excluding hydrogens is 296 g/mol. The van der Waals surface area contributed by atoms with Crippen molar-refractivity contribution < 1.29 is 5.11 Å². The topological polar surface area (TPSA) is 20.2 Å². The minimum Gasteiger partial charge on any atom is -0.395 e. The second-order valence-corrected chi connectivity index (χ2v) is 8.67. The number of hydrogen-bond donors (Lipinski definition) is 1. The molecule has 0 aliphatic heterocycles. The third-order valence-electron chi connectivity index (χ3n) is 3.84. The van der Waals surface area contributed by atoms with E-state index in [0.29, 0.717) is 6.61 Å². The summed E-state index contributed by atoms with van der Waals surface area (Å²) in [6.07, 6.45) is 20.1. The Kier molecular flexibility index (Phi) is 21.3. The fraction of sp³-hybridized carbons (Fsp3) is 1.00. The summed E-state index contributed by atoms with van der Waals surface area (Å²) in [4.78, 5) is 0. The maximum atomic E-state index is 8.66. The Bertz CT molecular complexity index is 159. The molecule has 0 bridgehead atoms. The van der Waals surface area contributed by atoms with E-state index in [-0.39, 0.29) is 0 Å². The number of aliphatic hydroxyl groups is 1. The van der Waals surface area contributed by atoms with Crippen molar-refractivity contribution in [2.24, 2.45) is 0 Å². The Morgan fingerprint density at radius 3 is 1.33 bits per heavy atom. The van der Waals surface area contributed by atoms with Gasteiger partial charge in [-0.15, -0.1) is 0 Å². The zero-order valence-electron chi connectivity index (χ0n) is 14.3. The number of unbranched alkanes of at least 4 members (excludes halogenated alkanes) is 13. The van der Waals surface area contributed by atoms with E-state index in [1.807, 2.05) is 10.8 Å². The lowest BCUT2D eigenvalue weighted by Gasteiger charge is -2.03. The molecule has 1 nitrogen and oxygen atoms in total. The SMILES string of the molecule is CCCCCCCCCCCCCCCCSSCCO. The normalized spacial score (nSPS) is 11.1. The van der Waals surface area contributed by atoms with E-state index in [4.69, 9.17) is 5.11 Å². The lowest BCUT2D eigenvalue weighted by molar-refractivity contribution is 0.323. The molecule has 0 saturated carbocycles. The van der Waals surface area contributed by atoms with Gasteiger partial charge in [0, 0.05) is 11.5 Å². The van der Waals surface area contributed by atoms with Crippen molar-refractivity contribution in [1.29, 1.82) is 0 Å². The third-order valence-corrected chi connectivity index (χ3v) is 6.31. The number of aliphatic hydroxyl groups excluding tert-OH is 1. The molecule has 0 amide bonds. The molecule has 0 atom stereocenters. The van der Waals surface area contributed by atoms with Crippen molar-refractivity contribution in [1.82, 2.24) is 0 Å². The van der Waals surface area contributed by atoms with Crippen LogP contribution in [0.1, 0.15) is 96.8 Å². The monoisotopic (exact) mass is 334 g/mol. The molecule has 1 N–H and O–H groups in total. The van der Waals surface area contributed by atoms with Crippen molar-refractivity contribution >= 4 is 21.6 Å². The van der Waals surface area contributed by atoms with Gasteiger partial charge in [0.1, 0.15) is 0 Å². The summed E-state index contributed by atoms with van der Waals surface area (Å²) < 4.78 is 0. The molecule has 0 spiro atoms. The van der Waals surface area contributed by atoms with Gasteiger partial charge >= 0.3 is 0 Å².